The van der Waals surface area contributed by atoms with Gasteiger partial charge in [-0.2, -0.15) is 0 Å². The van der Waals surface area contributed by atoms with Crippen LogP contribution in [0.25, 0.3) is 0 Å². The van der Waals surface area contributed by atoms with Gasteiger partial charge < -0.3 is 25.0 Å². The fourth-order valence-electron chi connectivity index (χ4n) is 1.74. The normalized spacial score (nSPS) is 13.8. The van der Waals surface area contributed by atoms with Gasteiger partial charge in [-0.25, -0.2) is 4.79 Å². The van der Waals surface area contributed by atoms with Crippen molar-refractivity contribution < 1.29 is 29.3 Å². The molecule has 2 rings (SSSR count). The fourth-order valence-corrected chi connectivity index (χ4v) is 1.74. The Labute approximate surface area is 115 Å². The van der Waals surface area contributed by atoms with Crippen molar-refractivity contribution in [1.82, 2.24) is 5.32 Å². The summed E-state index contributed by atoms with van der Waals surface area (Å²) in [6, 6.07) is 5.43. The van der Waals surface area contributed by atoms with Crippen LogP contribution >= 0.6 is 0 Å². The molecule has 0 unspecified atom stereocenters. The Morgan fingerprint density at radius 2 is 2.05 bits per heavy atom. The highest BCUT2D eigenvalue weighted by atomic mass is 16.7. The Morgan fingerprint density at radius 1 is 1.30 bits per heavy atom. The third kappa shape index (κ3) is 3.61. The van der Waals surface area contributed by atoms with E-state index in [1.54, 1.807) is 6.07 Å². The van der Waals surface area contributed by atoms with Gasteiger partial charge in [0.1, 0.15) is 0 Å². The minimum atomic E-state index is -1.58. The van der Waals surface area contributed by atoms with Crippen molar-refractivity contribution in [2.24, 2.45) is 0 Å². The molecule has 20 heavy (non-hydrogen) atoms. The summed E-state index contributed by atoms with van der Waals surface area (Å²) in [5, 5.41) is 19.8. The number of aliphatic hydroxyl groups is 1. The van der Waals surface area contributed by atoms with Crippen LogP contribution in [-0.2, 0) is 16.0 Å². The van der Waals surface area contributed by atoms with Crippen LogP contribution in [0, 0.1) is 0 Å². The van der Waals surface area contributed by atoms with Gasteiger partial charge in [-0.3, -0.25) is 4.79 Å². The molecule has 0 saturated carbocycles. The second-order valence-corrected chi connectivity index (χ2v) is 4.35. The van der Waals surface area contributed by atoms with E-state index in [2.05, 4.69) is 5.32 Å². The largest absolute Gasteiger partial charge is 0.479 e. The number of rotatable bonds is 6. The monoisotopic (exact) mass is 281 g/mol. The molecule has 1 amide bonds. The lowest BCUT2D eigenvalue weighted by atomic mass is 10.1. The van der Waals surface area contributed by atoms with Gasteiger partial charge in [-0.15, -0.1) is 0 Å². The van der Waals surface area contributed by atoms with E-state index in [1.165, 1.54) is 0 Å². The summed E-state index contributed by atoms with van der Waals surface area (Å²) in [6.07, 6.45) is -0.887. The van der Waals surface area contributed by atoms with Gasteiger partial charge in [-0.1, -0.05) is 6.07 Å². The number of amides is 1. The number of carboxylic acid groups (broad SMARTS) is 1. The highest BCUT2D eigenvalue weighted by molar-refractivity contribution is 5.78. The number of hydrogen-bond acceptors (Lipinski definition) is 5. The van der Waals surface area contributed by atoms with Crippen LogP contribution in [-0.4, -0.2) is 41.5 Å². The molecule has 1 heterocycles. The molecule has 7 nitrogen and oxygen atoms in total. The Balaban J connectivity index is 1.77. The van der Waals surface area contributed by atoms with Crippen molar-refractivity contribution in [3.63, 3.8) is 0 Å². The first-order valence-corrected chi connectivity index (χ1v) is 6.12. The maximum absolute atomic E-state index is 11.5. The molecule has 0 radical (unpaired) electrons. The molecule has 7 heteroatoms. The first-order chi connectivity index (χ1) is 9.56. The summed E-state index contributed by atoms with van der Waals surface area (Å²) in [5.41, 5.74) is 0.920. The van der Waals surface area contributed by atoms with Gasteiger partial charge in [0.25, 0.3) is 0 Å². The lowest BCUT2D eigenvalue weighted by Gasteiger charge is -2.08. The molecule has 1 atom stereocenters. The van der Waals surface area contributed by atoms with E-state index in [0.717, 1.165) is 5.56 Å². The summed E-state index contributed by atoms with van der Waals surface area (Å²) in [4.78, 5) is 21.9. The molecule has 1 aromatic rings. The van der Waals surface area contributed by atoms with Crippen molar-refractivity contribution in [2.75, 3.05) is 13.3 Å². The number of ether oxygens (including phenoxy) is 2. The van der Waals surface area contributed by atoms with Crippen molar-refractivity contribution in [1.29, 1.82) is 0 Å². The molecule has 0 saturated heterocycles. The van der Waals surface area contributed by atoms with Crippen molar-refractivity contribution >= 4 is 11.9 Å². The molecular weight excluding hydrogens is 266 g/mol. The lowest BCUT2D eigenvalue weighted by Crippen LogP contribution is -2.36. The zero-order chi connectivity index (χ0) is 14.5. The topological polar surface area (TPSA) is 105 Å². The predicted molar refractivity (Wildman–Crippen MR) is 67.5 cm³/mol. The minimum absolute atomic E-state index is 0.200. The van der Waals surface area contributed by atoms with Crippen molar-refractivity contribution in [2.45, 2.75) is 18.9 Å². The van der Waals surface area contributed by atoms with Gasteiger partial charge in [0.15, 0.2) is 17.6 Å². The molecule has 1 aliphatic heterocycles. The third-order valence-corrected chi connectivity index (χ3v) is 2.86. The number of carboxylic acids is 1. The molecule has 0 bridgehead atoms. The fraction of sp³-hybridized carbons (Fsp3) is 0.385. The van der Waals surface area contributed by atoms with E-state index in [1.807, 2.05) is 12.1 Å². The molecule has 1 aliphatic rings. The van der Waals surface area contributed by atoms with Crippen LogP contribution in [0.3, 0.4) is 0 Å². The maximum atomic E-state index is 11.5. The molecule has 1 aromatic carbocycles. The minimum Gasteiger partial charge on any atom is -0.479 e. The van der Waals surface area contributed by atoms with Gasteiger partial charge in [0, 0.05) is 6.42 Å². The molecule has 0 aromatic heterocycles. The Morgan fingerprint density at radius 3 is 2.80 bits per heavy atom. The first-order valence-electron chi connectivity index (χ1n) is 6.12. The van der Waals surface area contributed by atoms with Crippen LogP contribution in [0.4, 0.5) is 0 Å². The van der Waals surface area contributed by atoms with Gasteiger partial charge in [0.05, 0.1) is 6.54 Å². The number of aliphatic hydroxyl groups excluding tert-OH is 1. The van der Waals surface area contributed by atoms with Crippen molar-refractivity contribution in [3.05, 3.63) is 23.8 Å². The molecule has 108 valence electrons. The first kappa shape index (κ1) is 14.1. The Bertz CT molecular complexity index is 516. The van der Waals surface area contributed by atoms with Gasteiger partial charge in [0.2, 0.25) is 12.7 Å². The number of nitrogens with one attached hydrogen (secondary N) is 1. The second kappa shape index (κ2) is 6.25. The second-order valence-electron chi connectivity index (χ2n) is 4.35. The predicted octanol–water partition coefficient (Wildman–Crippen LogP) is -0.0904. The van der Waals surface area contributed by atoms with Crippen LogP contribution in [0.1, 0.15) is 12.0 Å². The highest BCUT2D eigenvalue weighted by Crippen LogP contribution is 2.32. The van der Waals surface area contributed by atoms with Crippen LogP contribution in [0.2, 0.25) is 0 Å². The molecule has 0 spiro atoms. The number of fused-ring (bicyclic) bond motifs is 1. The zero-order valence-corrected chi connectivity index (χ0v) is 10.7. The van der Waals surface area contributed by atoms with E-state index in [4.69, 9.17) is 19.7 Å². The smallest absolute Gasteiger partial charge is 0.334 e. The van der Waals surface area contributed by atoms with Crippen LogP contribution in [0.5, 0.6) is 11.5 Å². The quantitative estimate of drug-likeness (QED) is 0.673. The zero-order valence-electron chi connectivity index (χ0n) is 10.7. The average Bonchev–Trinajstić information content (AvgIpc) is 2.89. The maximum Gasteiger partial charge on any atom is 0.334 e. The van der Waals surface area contributed by atoms with Crippen LogP contribution in [0.15, 0.2) is 18.2 Å². The summed E-state index contributed by atoms with van der Waals surface area (Å²) in [6.45, 7) is -0.0956. The van der Waals surface area contributed by atoms with E-state index < -0.39 is 12.1 Å². The number of hydrogen-bond donors (Lipinski definition) is 3. The van der Waals surface area contributed by atoms with E-state index in [-0.39, 0.29) is 25.7 Å². The number of benzene rings is 1. The van der Waals surface area contributed by atoms with Crippen LogP contribution < -0.4 is 14.8 Å². The van der Waals surface area contributed by atoms with Gasteiger partial charge in [-0.05, 0) is 24.1 Å². The summed E-state index contributed by atoms with van der Waals surface area (Å²) >= 11 is 0. The molecule has 0 aliphatic carbocycles. The lowest BCUT2D eigenvalue weighted by molar-refractivity contribution is -0.146. The Hall–Kier alpha value is -2.28. The highest BCUT2D eigenvalue weighted by Gasteiger charge is 2.15. The SMILES string of the molecule is O=C(CCc1ccc2c(c1)OCO2)NC[C@H](O)C(=O)O. The molecule has 0 fully saturated rings. The number of carbonyl (C=O) groups excluding carboxylic acids is 1. The number of carbonyl (C=O) groups is 2. The van der Waals surface area contributed by atoms with E-state index >= 15 is 0 Å². The molecular formula is C13H15NO6. The number of aliphatic carboxylic acids is 1. The Kier molecular flexibility index (Phi) is 4.41. The summed E-state index contributed by atoms with van der Waals surface area (Å²) < 4.78 is 10.4. The summed E-state index contributed by atoms with van der Waals surface area (Å²) in [7, 11) is 0. The standard InChI is InChI=1S/C13H15NO6/c15-9(13(17)18)6-14-12(16)4-2-8-1-3-10-11(5-8)20-7-19-10/h1,3,5,9,15H,2,4,6-7H2,(H,14,16)(H,17,18)/t9-/m0/s1. The third-order valence-electron chi connectivity index (χ3n) is 2.86. The average molecular weight is 281 g/mol. The summed E-state index contributed by atoms with van der Waals surface area (Å²) in [5.74, 6) is -0.337. The van der Waals surface area contributed by atoms with E-state index in [9.17, 15) is 9.59 Å². The van der Waals surface area contributed by atoms with Crippen molar-refractivity contribution in [3.8, 4) is 11.5 Å². The molecule has 3 N–H and O–H groups in total. The van der Waals surface area contributed by atoms with Gasteiger partial charge >= 0.3 is 5.97 Å². The number of aryl methyl sites for hydroxylation is 1. The van der Waals surface area contributed by atoms with E-state index in [0.29, 0.717) is 17.9 Å².